The van der Waals surface area contributed by atoms with Crippen LogP contribution in [0, 0.1) is 20.8 Å². The molecule has 0 saturated carbocycles. The summed E-state index contributed by atoms with van der Waals surface area (Å²) in [5.74, 6) is 1.30. The molecule has 4 rings (SSSR count). The number of amides is 1. The van der Waals surface area contributed by atoms with E-state index in [1.807, 2.05) is 68.1 Å². The van der Waals surface area contributed by atoms with Gasteiger partial charge in [0.2, 0.25) is 15.9 Å². The molecule has 184 valence electrons. The molecule has 0 radical (unpaired) electrons. The summed E-state index contributed by atoms with van der Waals surface area (Å²) < 4.78 is 33.8. The first-order valence-corrected chi connectivity index (χ1v) is 13.1. The van der Waals surface area contributed by atoms with Crippen LogP contribution in [0.4, 0.5) is 5.69 Å². The topological polar surface area (TPSA) is 79.0 Å². The largest absolute Gasteiger partial charge is 0.457 e. The molecule has 1 aliphatic heterocycles. The fourth-order valence-corrected chi connectivity index (χ4v) is 6.30. The first kappa shape index (κ1) is 24.9. The van der Waals surface area contributed by atoms with E-state index >= 15 is 0 Å². The molecule has 1 heterocycles. The molecule has 1 amide bonds. The first-order valence-electron chi connectivity index (χ1n) is 11.7. The van der Waals surface area contributed by atoms with Crippen LogP contribution in [0.15, 0.2) is 71.6 Å². The predicted molar refractivity (Wildman–Crippen MR) is 137 cm³/mol. The second kappa shape index (κ2) is 10.6. The maximum Gasteiger partial charge on any atom is 0.243 e. The zero-order valence-corrected chi connectivity index (χ0v) is 21.1. The van der Waals surface area contributed by atoms with Crippen molar-refractivity contribution in [2.75, 3.05) is 38.0 Å². The van der Waals surface area contributed by atoms with Gasteiger partial charge in [0, 0.05) is 31.9 Å². The third kappa shape index (κ3) is 6.08. The Labute approximate surface area is 207 Å². The third-order valence-corrected chi connectivity index (χ3v) is 8.22. The summed E-state index contributed by atoms with van der Waals surface area (Å²) in [6.07, 6.45) is 0. The molecule has 1 fully saturated rings. The molecule has 1 saturated heterocycles. The molecule has 35 heavy (non-hydrogen) atoms. The average Bonchev–Trinajstić information content (AvgIpc) is 2.80. The van der Waals surface area contributed by atoms with E-state index in [4.69, 9.17) is 4.74 Å². The lowest BCUT2D eigenvalue weighted by molar-refractivity contribution is -0.117. The highest BCUT2D eigenvalue weighted by Gasteiger charge is 2.31. The summed E-state index contributed by atoms with van der Waals surface area (Å²) in [6, 6.07) is 20.5. The number of carbonyl (C=O) groups excluding carboxylic acids is 1. The molecular formula is C27H31N3O4S. The Hall–Kier alpha value is -3.20. The summed E-state index contributed by atoms with van der Waals surface area (Å²) in [6.45, 7) is 7.57. The molecule has 0 unspecified atom stereocenters. The lowest BCUT2D eigenvalue weighted by Crippen LogP contribution is -2.50. The number of sulfonamides is 1. The van der Waals surface area contributed by atoms with Crippen LogP contribution < -0.4 is 10.1 Å². The van der Waals surface area contributed by atoms with Crippen LogP contribution in [0.1, 0.15) is 16.7 Å². The minimum absolute atomic E-state index is 0.136. The quantitative estimate of drug-likeness (QED) is 0.530. The fourth-order valence-electron chi connectivity index (χ4n) is 4.47. The number of piperazine rings is 1. The zero-order valence-electron chi connectivity index (χ0n) is 20.3. The first-order chi connectivity index (χ1) is 16.7. The Morgan fingerprint density at radius 3 is 2.03 bits per heavy atom. The van der Waals surface area contributed by atoms with Crippen LogP contribution in [-0.2, 0) is 14.8 Å². The number of anilines is 1. The van der Waals surface area contributed by atoms with Gasteiger partial charge in [-0.3, -0.25) is 9.69 Å². The molecule has 1 N–H and O–H groups in total. The van der Waals surface area contributed by atoms with Crippen molar-refractivity contribution in [3.05, 3.63) is 83.4 Å². The summed E-state index contributed by atoms with van der Waals surface area (Å²) in [5, 5.41) is 2.90. The van der Waals surface area contributed by atoms with Crippen LogP contribution in [0.25, 0.3) is 0 Å². The lowest BCUT2D eigenvalue weighted by Gasteiger charge is -2.34. The third-order valence-electron chi connectivity index (χ3n) is 6.02. The second-order valence-corrected chi connectivity index (χ2v) is 10.8. The minimum atomic E-state index is -3.57. The van der Waals surface area contributed by atoms with E-state index in [1.165, 1.54) is 4.31 Å². The van der Waals surface area contributed by atoms with E-state index in [2.05, 4.69) is 5.32 Å². The van der Waals surface area contributed by atoms with Crippen molar-refractivity contribution in [3.63, 3.8) is 0 Å². The standard InChI is InChI=1S/C27H31N3O4S/c1-20-17-21(2)27(22(3)18-20)35(32,33)30-15-13-29(14-16-30)19-26(31)28-23-9-11-25(12-10-23)34-24-7-5-4-6-8-24/h4-12,17-18H,13-16,19H2,1-3H3,(H,28,31). The van der Waals surface area contributed by atoms with Gasteiger partial charge in [-0.15, -0.1) is 0 Å². The predicted octanol–water partition coefficient (Wildman–Crippen LogP) is 4.35. The molecule has 0 aromatic heterocycles. The zero-order chi connectivity index (χ0) is 25.0. The van der Waals surface area contributed by atoms with E-state index in [1.54, 1.807) is 24.3 Å². The lowest BCUT2D eigenvalue weighted by atomic mass is 10.1. The Balaban J connectivity index is 1.29. The van der Waals surface area contributed by atoms with E-state index in [0.717, 1.165) is 22.4 Å². The van der Waals surface area contributed by atoms with Crippen LogP contribution in [0.3, 0.4) is 0 Å². The monoisotopic (exact) mass is 493 g/mol. The average molecular weight is 494 g/mol. The Bertz CT molecular complexity index is 1260. The number of carbonyl (C=O) groups is 1. The number of ether oxygens (including phenoxy) is 1. The van der Waals surface area contributed by atoms with Crippen molar-refractivity contribution >= 4 is 21.6 Å². The van der Waals surface area contributed by atoms with Crippen LogP contribution in [-0.4, -0.2) is 56.3 Å². The van der Waals surface area contributed by atoms with Gasteiger partial charge in [0.25, 0.3) is 0 Å². The van der Waals surface area contributed by atoms with Crippen molar-refractivity contribution in [3.8, 4) is 11.5 Å². The van der Waals surface area contributed by atoms with Gasteiger partial charge in [0.15, 0.2) is 0 Å². The van der Waals surface area contributed by atoms with Crippen LogP contribution in [0.2, 0.25) is 0 Å². The van der Waals surface area contributed by atoms with Gasteiger partial charge in [-0.2, -0.15) is 4.31 Å². The van der Waals surface area contributed by atoms with E-state index in [-0.39, 0.29) is 12.5 Å². The molecule has 3 aromatic carbocycles. The number of nitrogens with zero attached hydrogens (tertiary/aromatic N) is 2. The number of para-hydroxylation sites is 1. The number of benzene rings is 3. The smallest absolute Gasteiger partial charge is 0.243 e. The molecule has 0 spiro atoms. The SMILES string of the molecule is Cc1cc(C)c(S(=O)(=O)N2CCN(CC(=O)Nc3ccc(Oc4ccccc4)cc3)CC2)c(C)c1. The van der Waals surface area contributed by atoms with Gasteiger partial charge >= 0.3 is 0 Å². The minimum Gasteiger partial charge on any atom is -0.457 e. The maximum atomic E-state index is 13.3. The summed E-state index contributed by atoms with van der Waals surface area (Å²) in [5.41, 5.74) is 3.27. The maximum absolute atomic E-state index is 13.3. The van der Waals surface area contributed by atoms with Gasteiger partial charge in [-0.05, 0) is 68.3 Å². The molecule has 7 nitrogen and oxygen atoms in total. The van der Waals surface area contributed by atoms with Gasteiger partial charge in [0.05, 0.1) is 11.4 Å². The molecule has 0 atom stereocenters. The highest BCUT2D eigenvalue weighted by molar-refractivity contribution is 7.89. The highest BCUT2D eigenvalue weighted by Crippen LogP contribution is 2.26. The summed E-state index contributed by atoms with van der Waals surface area (Å²) in [7, 11) is -3.57. The second-order valence-electron chi connectivity index (χ2n) is 8.90. The van der Waals surface area contributed by atoms with Crippen molar-refractivity contribution in [1.82, 2.24) is 9.21 Å². The van der Waals surface area contributed by atoms with Crippen molar-refractivity contribution in [1.29, 1.82) is 0 Å². The fraction of sp³-hybridized carbons (Fsp3) is 0.296. The highest BCUT2D eigenvalue weighted by atomic mass is 32.2. The normalized spacial score (nSPS) is 15.1. The van der Waals surface area contributed by atoms with Crippen LogP contribution >= 0.6 is 0 Å². The van der Waals surface area contributed by atoms with Gasteiger partial charge in [0.1, 0.15) is 11.5 Å². The summed E-state index contributed by atoms with van der Waals surface area (Å²) in [4.78, 5) is 14.9. The van der Waals surface area contributed by atoms with E-state index in [9.17, 15) is 13.2 Å². The Morgan fingerprint density at radius 2 is 1.43 bits per heavy atom. The van der Waals surface area contributed by atoms with Crippen molar-refractivity contribution in [2.24, 2.45) is 0 Å². The number of hydrogen-bond acceptors (Lipinski definition) is 5. The van der Waals surface area contributed by atoms with Crippen molar-refractivity contribution in [2.45, 2.75) is 25.7 Å². The number of rotatable bonds is 7. The van der Waals surface area contributed by atoms with Gasteiger partial charge < -0.3 is 10.1 Å². The number of nitrogens with one attached hydrogen (secondary N) is 1. The van der Waals surface area contributed by atoms with E-state index in [0.29, 0.717) is 42.5 Å². The van der Waals surface area contributed by atoms with Crippen molar-refractivity contribution < 1.29 is 17.9 Å². The summed E-state index contributed by atoms with van der Waals surface area (Å²) >= 11 is 0. The molecule has 0 aliphatic carbocycles. The van der Waals surface area contributed by atoms with E-state index < -0.39 is 10.0 Å². The number of hydrogen-bond donors (Lipinski definition) is 1. The van der Waals surface area contributed by atoms with Gasteiger partial charge in [-0.25, -0.2) is 8.42 Å². The molecule has 0 bridgehead atoms. The Morgan fingerprint density at radius 1 is 0.857 bits per heavy atom. The molecule has 1 aliphatic rings. The van der Waals surface area contributed by atoms with Gasteiger partial charge in [-0.1, -0.05) is 35.9 Å². The molecule has 3 aromatic rings. The molecule has 8 heteroatoms. The number of aryl methyl sites for hydroxylation is 3. The molecular weight excluding hydrogens is 462 g/mol. The Kier molecular flexibility index (Phi) is 7.54. The van der Waals surface area contributed by atoms with Crippen LogP contribution in [0.5, 0.6) is 11.5 Å².